The van der Waals surface area contributed by atoms with Crippen molar-refractivity contribution in [2.24, 2.45) is 0 Å². The Morgan fingerprint density at radius 1 is 1.12 bits per heavy atom. The summed E-state index contributed by atoms with van der Waals surface area (Å²) in [6.45, 7) is 0.274. The van der Waals surface area contributed by atoms with Gasteiger partial charge in [0.15, 0.2) is 17.3 Å². The van der Waals surface area contributed by atoms with Crippen molar-refractivity contribution in [3.05, 3.63) is 65.7 Å². The molecule has 1 amide bonds. The zero-order valence-electron chi connectivity index (χ0n) is 12.5. The first kappa shape index (κ1) is 14.5. The van der Waals surface area contributed by atoms with Crippen LogP contribution >= 0.6 is 11.3 Å². The van der Waals surface area contributed by atoms with Gasteiger partial charge in [0.25, 0.3) is 5.91 Å². The number of carbonyl (C=O) groups excluding carboxylic acids is 1. The molecular formula is C16H12N6OS. The molecule has 0 radical (unpaired) electrons. The van der Waals surface area contributed by atoms with Crippen molar-refractivity contribution < 1.29 is 4.79 Å². The molecule has 0 aliphatic heterocycles. The number of rotatable bonds is 4. The smallest absolute Gasteiger partial charge is 0.254 e. The maximum atomic E-state index is 12.2. The van der Waals surface area contributed by atoms with E-state index in [0.717, 1.165) is 10.5 Å². The molecule has 0 aromatic carbocycles. The lowest BCUT2D eigenvalue weighted by atomic mass is 10.3. The summed E-state index contributed by atoms with van der Waals surface area (Å²) in [4.78, 5) is 21.7. The van der Waals surface area contributed by atoms with E-state index in [1.54, 1.807) is 11.3 Å². The number of carbonyl (C=O) groups is 1. The molecule has 1 N–H and O–H groups in total. The molecule has 4 rings (SSSR count). The fraction of sp³-hybridized carbons (Fsp3) is 0.0625. The van der Waals surface area contributed by atoms with Gasteiger partial charge in [-0.15, -0.1) is 21.5 Å². The molecule has 0 bridgehead atoms. The van der Waals surface area contributed by atoms with Gasteiger partial charge < -0.3 is 5.32 Å². The van der Waals surface area contributed by atoms with Gasteiger partial charge in [0.05, 0.1) is 17.0 Å². The Morgan fingerprint density at radius 3 is 2.79 bits per heavy atom. The van der Waals surface area contributed by atoms with E-state index in [9.17, 15) is 4.79 Å². The molecule has 4 heterocycles. The minimum atomic E-state index is -0.250. The number of aromatic nitrogens is 5. The molecule has 8 heteroatoms. The first-order valence-corrected chi connectivity index (χ1v) is 8.12. The van der Waals surface area contributed by atoms with Crippen LogP contribution in [-0.2, 0) is 6.54 Å². The third-order valence-electron chi connectivity index (χ3n) is 3.45. The van der Waals surface area contributed by atoms with Crippen LogP contribution in [0.15, 0.2) is 54.3 Å². The molecular weight excluding hydrogens is 324 g/mol. The molecule has 0 fully saturated rings. The number of nitrogens with zero attached hydrogens (tertiary/aromatic N) is 5. The topological polar surface area (TPSA) is 85.1 Å². The van der Waals surface area contributed by atoms with Crippen LogP contribution in [0, 0.1) is 0 Å². The number of fused-ring (bicyclic) bond motifs is 1. The van der Waals surface area contributed by atoms with Crippen LogP contribution in [0.4, 0.5) is 0 Å². The van der Waals surface area contributed by atoms with Crippen LogP contribution in [0.1, 0.15) is 16.2 Å². The third kappa shape index (κ3) is 2.74. The van der Waals surface area contributed by atoms with Gasteiger partial charge in [-0.3, -0.25) is 9.20 Å². The molecule has 0 atom stereocenters. The second-order valence-corrected chi connectivity index (χ2v) is 5.95. The molecule has 4 aromatic rings. The first-order chi connectivity index (χ1) is 11.8. The van der Waals surface area contributed by atoms with E-state index in [1.165, 1.54) is 12.4 Å². The van der Waals surface area contributed by atoms with E-state index in [1.807, 2.05) is 46.3 Å². The van der Waals surface area contributed by atoms with Gasteiger partial charge >= 0.3 is 0 Å². The van der Waals surface area contributed by atoms with E-state index in [2.05, 4.69) is 25.5 Å². The van der Waals surface area contributed by atoms with Crippen LogP contribution in [0.25, 0.3) is 16.3 Å². The fourth-order valence-corrected chi connectivity index (χ4v) is 2.92. The number of hydrogen-bond acceptors (Lipinski definition) is 6. The number of pyridine rings is 1. The van der Waals surface area contributed by atoms with E-state index in [-0.39, 0.29) is 12.5 Å². The number of thiophene rings is 1. The third-order valence-corrected chi connectivity index (χ3v) is 4.31. The van der Waals surface area contributed by atoms with Crippen molar-refractivity contribution in [3.63, 3.8) is 0 Å². The normalized spacial score (nSPS) is 10.8. The van der Waals surface area contributed by atoms with E-state index >= 15 is 0 Å². The second-order valence-electron chi connectivity index (χ2n) is 5.00. The van der Waals surface area contributed by atoms with Crippen molar-refractivity contribution in [2.75, 3.05) is 0 Å². The van der Waals surface area contributed by atoms with Crippen molar-refractivity contribution >= 4 is 22.9 Å². The van der Waals surface area contributed by atoms with Gasteiger partial charge in [-0.05, 0) is 23.6 Å². The van der Waals surface area contributed by atoms with E-state index in [4.69, 9.17) is 0 Å². The van der Waals surface area contributed by atoms with Crippen LogP contribution < -0.4 is 5.32 Å². The molecule has 0 aliphatic rings. The van der Waals surface area contributed by atoms with Gasteiger partial charge in [-0.1, -0.05) is 12.1 Å². The second kappa shape index (κ2) is 6.17. The predicted molar refractivity (Wildman–Crippen MR) is 89.5 cm³/mol. The highest BCUT2D eigenvalue weighted by atomic mass is 32.1. The SMILES string of the molecule is O=C(NCc1nnc2ccccn12)c1cnc(-c2cccs2)nc1. The molecule has 4 aromatic heterocycles. The van der Waals surface area contributed by atoms with Crippen LogP contribution in [0.3, 0.4) is 0 Å². The van der Waals surface area contributed by atoms with Gasteiger partial charge in [-0.25, -0.2) is 9.97 Å². The lowest BCUT2D eigenvalue weighted by Gasteiger charge is -2.04. The maximum absolute atomic E-state index is 12.2. The Morgan fingerprint density at radius 2 is 2.00 bits per heavy atom. The molecule has 118 valence electrons. The predicted octanol–water partition coefficient (Wildman–Crippen LogP) is 2.18. The zero-order chi connectivity index (χ0) is 16.4. The van der Waals surface area contributed by atoms with Crippen molar-refractivity contribution in [3.8, 4) is 10.7 Å². The van der Waals surface area contributed by atoms with Crippen molar-refractivity contribution in [1.82, 2.24) is 29.9 Å². The van der Waals surface area contributed by atoms with Gasteiger partial charge in [0.2, 0.25) is 0 Å². The number of amides is 1. The first-order valence-electron chi connectivity index (χ1n) is 7.24. The Balaban J connectivity index is 1.46. The lowest BCUT2D eigenvalue weighted by molar-refractivity contribution is 0.0949. The quantitative estimate of drug-likeness (QED) is 0.617. The summed E-state index contributed by atoms with van der Waals surface area (Å²) < 4.78 is 1.83. The lowest BCUT2D eigenvalue weighted by Crippen LogP contribution is -2.24. The zero-order valence-corrected chi connectivity index (χ0v) is 13.3. The standard InChI is InChI=1S/C16H12N6OS/c23-16(11-8-17-15(18-9-11)12-4-3-7-24-12)19-10-14-21-20-13-5-1-2-6-22(13)14/h1-9H,10H2,(H,19,23). The minimum Gasteiger partial charge on any atom is -0.345 e. The molecule has 0 unspecified atom stereocenters. The average Bonchev–Trinajstić information content (AvgIpc) is 3.30. The molecule has 0 spiro atoms. The van der Waals surface area contributed by atoms with Crippen LogP contribution in [-0.4, -0.2) is 30.5 Å². The van der Waals surface area contributed by atoms with E-state index in [0.29, 0.717) is 17.2 Å². The Labute approximate surface area is 141 Å². The van der Waals surface area contributed by atoms with Crippen LogP contribution in [0.5, 0.6) is 0 Å². The molecule has 24 heavy (non-hydrogen) atoms. The molecule has 0 saturated carbocycles. The highest BCUT2D eigenvalue weighted by molar-refractivity contribution is 7.13. The van der Waals surface area contributed by atoms with Gasteiger partial charge in [-0.2, -0.15) is 0 Å². The maximum Gasteiger partial charge on any atom is 0.254 e. The largest absolute Gasteiger partial charge is 0.345 e. The summed E-state index contributed by atoms with van der Waals surface area (Å²) in [5.74, 6) is 1.03. The Kier molecular flexibility index (Phi) is 3.72. The minimum absolute atomic E-state index is 0.250. The molecule has 0 aliphatic carbocycles. The summed E-state index contributed by atoms with van der Waals surface area (Å²) >= 11 is 1.56. The summed E-state index contributed by atoms with van der Waals surface area (Å²) in [6.07, 6.45) is 4.91. The van der Waals surface area contributed by atoms with Crippen LogP contribution in [0.2, 0.25) is 0 Å². The summed E-state index contributed by atoms with van der Waals surface area (Å²) in [5, 5.41) is 12.9. The fourth-order valence-electron chi connectivity index (χ4n) is 2.25. The Bertz CT molecular complexity index is 977. The molecule has 7 nitrogen and oxygen atoms in total. The highest BCUT2D eigenvalue weighted by Gasteiger charge is 2.10. The summed E-state index contributed by atoms with van der Waals surface area (Å²) in [6, 6.07) is 9.51. The number of nitrogens with one attached hydrogen (secondary N) is 1. The molecule has 0 saturated heterocycles. The summed E-state index contributed by atoms with van der Waals surface area (Å²) in [5.41, 5.74) is 1.15. The van der Waals surface area contributed by atoms with Crippen molar-refractivity contribution in [1.29, 1.82) is 0 Å². The number of hydrogen-bond donors (Lipinski definition) is 1. The average molecular weight is 336 g/mol. The van der Waals surface area contributed by atoms with E-state index < -0.39 is 0 Å². The highest BCUT2D eigenvalue weighted by Crippen LogP contribution is 2.20. The summed E-state index contributed by atoms with van der Waals surface area (Å²) in [7, 11) is 0. The Hall–Kier alpha value is -3.13. The van der Waals surface area contributed by atoms with Gasteiger partial charge in [0, 0.05) is 18.6 Å². The monoisotopic (exact) mass is 336 g/mol. The van der Waals surface area contributed by atoms with Gasteiger partial charge in [0.1, 0.15) is 0 Å². The van der Waals surface area contributed by atoms with Crippen molar-refractivity contribution in [2.45, 2.75) is 6.54 Å².